The van der Waals surface area contributed by atoms with Crippen molar-refractivity contribution in [1.29, 1.82) is 0 Å². The summed E-state index contributed by atoms with van der Waals surface area (Å²) in [5, 5.41) is 18.5. The Balaban J connectivity index is 2.34. The standard InChI is InChI=1S/C14H28N2O3/c1-4-13(14(18)19)15(3)10-12-5-7-16(8-6-12)9-11(2)17/h11-13,17H,4-10H2,1-3H3,(H,18,19). The molecule has 19 heavy (non-hydrogen) atoms. The van der Waals surface area contributed by atoms with Gasteiger partial charge in [0.1, 0.15) is 6.04 Å². The lowest BCUT2D eigenvalue weighted by molar-refractivity contribution is -0.143. The van der Waals surface area contributed by atoms with Gasteiger partial charge in [-0.3, -0.25) is 9.69 Å². The van der Waals surface area contributed by atoms with Gasteiger partial charge in [0.25, 0.3) is 0 Å². The summed E-state index contributed by atoms with van der Waals surface area (Å²) in [6, 6.07) is -0.365. The Bertz CT molecular complexity index is 276. The van der Waals surface area contributed by atoms with Crippen molar-refractivity contribution in [3.63, 3.8) is 0 Å². The van der Waals surface area contributed by atoms with Gasteiger partial charge in [0.05, 0.1) is 6.10 Å². The van der Waals surface area contributed by atoms with Gasteiger partial charge in [-0.25, -0.2) is 0 Å². The maximum Gasteiger partial charge on any atom is 0.320 e. The molecule has 1 heterocycles. The van der Waals surface area contributed by atoms with Gasteiger partial charge in [0, 0.05) is 13.1 Å². The number of aliphatic hydroxyl groups excluding tert-OH is 1. The van der Waals surface area contributed by atoms with E-state index in [1.807, 2.05) is 25.8 Å². The monoisotopic (exact) mass is 272 g/mol. The van der Waals surface area contributed by atoms with Crippen molar-refractivity contribution < 1.29 is 15.0 Å². The molecule has 1 fully saturated rings. The second-order valence-electron chi connectivity index (χ2n) is 5.79. The zero-order chi connectivity index (χ0) is 14.4. The summed E-state index contributed by atoms with van der Waals surface area (Å²) < 4.78 is 0. The van der Waals surface area contributed by atoms with E-state index in [1.165, 1.54) is 0 Å². The number of likely N-dealkylation sites (tertiary alicyclic amines) is 1. The van der Waals surface area contributed by atoms with Crippen LogP contribution in [0.2, 0.25) is 0 Å². The molecule has 2 N–H and O–H groups in total. The van der Waals surface area contributed by atoms with Gasteiger partial charge >= 0.3 is 5.97 Å². The Kier molecular flexibility index (Phi) is 6.75. The third-order valence-electron chi connectivity index (χ3n) is 3.98. The van der Waals surface area contributed by atoms with Gasteiger partial charge in [-0.05, 0) is 52.2 Å². The SMILES string of the molecule is CCC(C(=O)O)N(C)CC1CCN(CC(C)O)CC1. The van der Waals surface area contributed by atoms with Gasteiger partial charge in [-0.2, -0.15) is 0 Å². The average Bonchev–Trinajstić information content (AvgIpc) is 2.31. The molecule has 5 nitrogen and oxygen atoms in total. The van der Waals surface area contributed by atoms with Gasteiger partial charge < -0.3 is 15.1 Å². The van der Waals surface area contributed by atoms with Crippen LogP contribution in [-0.2, 0) is 4.79 Å². The van der Waals surface area contributed by atoms with E-state index in [-0.39, 0.29) is 12.1 Å². The Morgan fingerprint density at radius 3 is 2.42 bits per heavy atom. The van der Waals surface area contributed by atoms with Crippen molar-refractivity contribution >= 4 is 5.97 Å². The first-order valence-corrected chi connectivity index (χ1v) is 7.27. The molecule has 1 saturated heterocycles. The highest BCUT2D eigenvalue weighted by atomic mass is 16.4. The Hall–Kier alpha value is -0.650. The number of hydrogen-bond donors (Lipinski definition) is 2. The van der Waals surface area contributed by atoms with E-state index in [9.17, 15) is 9.90 Å². The van der Waals surface area contributed by atoms with E-state index in [4.69, 9.17) is 5.11 Å². The Morgan fingerprint density at radius 1 is 1.42 bits per heavy atom. The van der Waals surface area contributed by atoms with E-state index in [0.717, 1.165) is 39.0 Å². The first-order valence-electron chi connectivity index (χ1n) is 7.27. The fraction of sp³-hybridized carbons (Fsp3) is 0.929. The molecule has 2 unspecified atom stereocenters. The van der Waals surface area contributed by atoms with Crippen molar-refractivity contribution in [3.05, 3.63) is 0 Å². The molecule has 0 aromatic rings. The van der Waals surface area contributed by atoms with Gasteiger partial charge in [0.2, 0.25) is 0 Å². The Morgan fingerprint density at radius 2 is 2.00 bits per heavy atom. The van der Waals surface area contributed by atoms with Crippen molar-refractivity contribution in [1.82, 2.24) is 9.80 Å². The molecular weight excluding hydrogens is 244 g/mol. The highest BCUT2D eigenvalue weighted by Crippen LogP contribution is 2.19. The molecule has 0 saturated carbocycles. The van der Waals surface area contributed by atoms with Crippen LogP contribution in [0.1, 0.15) is 33.1 Å². The third-order valence-corrected chi connectivity index (χ3v) is 3.98. The third kappa shape index (κ3) is 5.47. The normalized spacial score (nSPS) is 21.5. The van der Waals surface area contributed by atoms with Crippen LogP contribution in [0.3, 0.4) is 0 Å². The summed E-state index contributed by atoms with van der Waals surface area (Å²) >= 11 is 0. The molecule has 1 rings (SSSR count). The maximum atomic E-state index is 11.1. The predicted molar refractivity (Wildman–Crippen MR) is 75.2 cm³/mol. The molecular formula is C14H28N2O3. The number of rotatable bonds is 7. The van der Waals surface area contributed by atoms with Crippen molar-refractivity contribution in [2.75, 3.05) is 33.2 Å². The smallest absolute Gasteiger partial charge is 0.320 e. The summed E-state index contributed by atoms with van der Waals surface area (Å²) in [5.41, 5.74) is 0. The highest BCUT2D eigenvalue weighted by molar-refractivity contribution is 5.73. The van der Waals surface area contributed by atoms with E-state index < -0.39 is 5.97 Å². The van der Waals surface area contributed by atoms with Crippen LogP contribution in [0, 0.1) is 5.92 Å². The summed E-state index contributed by atoms with van der Waals surface area (Å²) in [6.07, 6.45) is 2.56. The first kappa shape index (κ1) is 16.4. The molecule has 1 aliphatic rings. The fourth-order valence-corrected chi connectivity index (χ4v) is 2.93. The van der Waals surface area contributed by atoms with Gasteiger partial charge in [-0.1, -0.05) is 6.92 Å². The molecule has 1 aliphatic heterocycles. The number of aliphatic hydroxyl groups is 1. The quantitative estimate of drug-likeness (QED) is 0.720. The summed E-state index contributed by atoms with van der Waals surface area (Å²) in [7, 11) is 1.91. The van der Waals surface area contributed by atoms with Crippen LogP contribution < -0.4 is 0 Å². The topological polar surface area (TPSA) is 64.0 Å². The number of aliphatic carboxylic acids is 1. The lowest BCUT2D eigenvalue weighted by Gasteiger charge is -2.35. The van der Waals surface area contributed by atoms with E-state index in [1.54, 1.807) is 0 Å². The van der Waals surface area contributed by atoms with Crippen LogP contribution in [0.25, 0.3) is 0 Å². The summed E-state index contributed by atoms with van der Waals surface area (Å²) in [4.78, 5) is 15.4. The number of carboxylic acids is 1. The zero-order valence-electron chi connectivity index (χ0n) is 12.4. The minimum absolute atomic E-state index is 0.268. The molecule has 0 bridgehead atoms. The van der Waals surface area contributed by atoms with Crippen LogP contribution in [0.5, 0.6) is 0 Å². The average molecular weight is 272 g/mol. The number of hydrogen-bond acceptors (Lipinski definition) is 4. The van der Waals surface area contributed by atoms with E-state index in [0.29, 0.717) is 12.3 Å². The number of carbonyl (C=O) groups is 1. The fourth-order valence-electron chi connectivity index (χ4n) is 2.93. The van der Waals surface area contributed by atoms with Gasteiger partial charge in [0.15, 0.2) is 0 Å². The second-order valence-corrected chi connectivity index (χ2v) is 5.79. The number of carboxylic acid groups (broad SMARTS) is 1. The van der Waals surface area contributed by atoms with Crippen molar-refractivity contribution in [2.45, 2.75) is 45.3 Å². The van der Waals surface area contributed by atoms with Crippen LogP contribution in [0.4, 0.5) is 0 Å². The van der Waals surface area contributed by atoms with Crippen LogP contribution in [0.15, 0.2) is 0 Å². The number of β-amino-alcohol motifs (C(OH)–C–C–N with tert-alkyl or cyclic N) is 1. The first-order chi connectivity index (χ1) is 8.93. The molecule has 0 aromatic heterocycles. The number of nitrogens with zero attached hydrogens (tertiary/aromatic N) is 2. The zero-order valence-corrected chi connectivity index (χ0v) is 12.4. The van der Waals surface area contributed by atoms with Crippen molar-refractivity contribution in [3.8, 4) is 0 Å². The van der Waals surface area contributed by atoms with E-state index >= 15 is 0 Å². The highest BCUT2D eigenvalue weighted by Gasteiger charge is 2.25. The predicted octanol–water partition coefficient (Wildman–Crippen LogP) is 0.874. The van der Waals surface area contributed by atoms with Crippen molar-refractivity contribution in [2.24, 2.45) is 5.92 Å². The summed E-state index contributed by atoms with van der Waals surface area (Å²) in [6.45, 7) is 7.35. The number of piperidine rings is 1. The lowest BCUT2D eigenvalue weighted by atomic mass is 9.95. The second kappa shape index (κ2) is 7.82. The largest absolute Gasteiger partial charge is 0.480 e. The maximum absolute atomic E-state index is 11.1. The Labute approximate surface area is 116 Å². The molecule has 0 spiro atoms. The number of likely N-dealkylation sites (N-methyl/N-ethyl adjacent to an activating group) is 1. The minimum atomic E-state index is -0.725. The molecule has 112 valence electrons. The molecule has 0 aromatic carbocycles. The molecule has 0 amide bonds. The molecule has 5 heteroatoms. The van der Waals surface area contributed by atoms with E-state index in [2.05, 4.69) is 4.90 Å². The van der Waals surface area contributed by atoms with Gasteiger partial charge in [-0.15, -0.1) is 0 Å². The van der Waals surface area contributed by atoms with Crippen LogP contribution >= 0.6 is 0 Å². The molecule has 0 aliphatic carbocycles. The minimum Gasteiger partial charge on any atom is -0.480 e. The molecule has 2 atom stereocenters. The summed E-state index contributed by atoms with van der Waals surface area (Å²) in [5.74, 6) is -0.153. The van der Waals surface area contributed by atoms with Crippen LogP contribution in [-0.4, -0.2) is 71.4 Å². The molecule has 0 radical (unpaired) electrons. The lowest BCUT2D eigenvalue weighted by Crippen LogP contribution is -2.44.